The Hall–Kier alpha value is -1.14. The molecule has 0 aliphatic rings. The Balaban J connectivity index is 3.45. The predicted molar refractivity (Wildman–Crippen MR) is 68.2 cm³/mol. The van der Waals surface area contributed by atoms with Crippen LogP contribution in [0.5, 0.6) is 0 Å². The molecule has 0 aliphatic carbocycles. The van der Waals surface area contributed by atoms with E-state index in [4.69, 9.17) is 9.47 Å². The van der Waals surface area contributed by atoms with Crippen LogP contribution in [-0.2, 0) is 19.1 Å². The van der Waals surface area contributed by atoms with E-state index in [-0.39, 0.29) is 18.5 Å². The van der Waals surface area contributed by atoms with Crippen LogP contribution in [0, 0.1) is 0 Å². The van der Waals surface area contributed by atoms with Crippen molar-refractivity contribution in [1.29, 1.82) is 0 Å². The van der Waals surface area contributed by atoms with E-state index in [1.807, 2.05) is 13.8 Å². The third kappa shape index (κ3) is 8.03. The zero-order valence-corrected chi connectivity index (χ0v) is 11.5. The number of likely N-dealkylation sites (N-methyl/N-ethyl adjacent to an activating group) is 1. The number of amides is 1. The Morgan fingerprint density at radius 2 is 1.83 bits per heavy atom. The topological polar surface area (TPSA) is 67.9 Å². The SMILES string of the molecule is CCOC(=O)COCCNCC(=O)N(CC)CC. The first kappa shape index (κ1) is 16.9. The standard InChI is InChI=1S/C12H24N2O4/c1-4-14(5-2)11(15)9-13-7-8-17-10-12(16)18-6-3/h13H,4-10H2,1-3H3. The molecule has 0 rings (SSSR count). The van der Waals surface area contributed by atoms with Crippen molar-refractivity contribution in [2.24, 2.45) is 0 Å². The average Bonchev–Trinajstić information content (AvgIpc) is 2.35. The van der Waals surface area contributed by atoms with Gasteiger partial charge in [0.15, 0.2) is 0 Å². The van der Waals surface area contributed by atoms with Gasteiger partial charge < -0.3 is 19.7 Å². The van der Waals surface area contributed by atoms with Gasteiger partial charge in [-0.25, -0.2) is 4.79 Å². The third-order valence-corrected chi connectivity index (χ3v) is 2.34. The lowest BCUT2D eigenvalue weighted by molar-refractivity contribution is -0.148. The van der Waals surface area contributed by atoms with Crippen LogP contribution in [0.2, 0.25) is 0 Å². The highest BCUT2D eigenvalue weighted by Crippen LogP contribution is 1.87. The van der Waals surface area contributed by atoms with Crippen LogP contribution in [0.15, 0.2) is 0 Å². The molecule has 6 nitrogen and oxygen atoms in total. The molecule has 0 saturated heterocycles. The van der Waals surface area contributed by atoms with Crippen LogP contribution >= 0.6 is 0 Å². The summed E-state index contributed by atoms with van der Waals surface area (Å²) >= 11 is 0. The number of ether oxygens (including phenoxy) is 2. The second-order valence-corrected chi connectivity index (χ2v) is 3.60. The molecule has 0 heterocycles. The van der Waals surface area contributed by atoms with Crippen LogP contribution < -0.4 is 5.32 Å². The summed E-state index contributed by atoms with van der Waals surface area (Å²) in [6, 6.07) is 0. The second-order valence-electron chi connectivity index (χ2n) is 3.60. The summed E-state index contributed by atoms with van der Waals surface area (Å²) in [5.74, 6) is -0.290. The van der Waals surface area contributed by atoms with Crippen molar-refractivity contribution in [3.63, 3.8) is 0 Å². The summed E-state index contributed by atoms with van der Waals surface area (Å²) in [5, 5.41) is 2.97. The second kappa shape index (κ2) is 11.0. The van der Waals surface area contributed by atoms with Crippen molar-refractivity contribution in [3.8, 4) is 0 Å². The van der Waals surface area contributed by atoms with Gasteiger partial charge in [0, 0.05) is 19.6 Å². The van der Waals surface area contributed by atoms with Crippen molar-refractivity contribution >= 4 is 11.9 Å². The summed E-state index contributed by atoms with van der Waals surface area (Å²) in [7, 11) is 0. The smallest absolute Gasteiger partial charge is 0.332 e. The van der Waals surface area contributed by atoms with Crippen LogP contribution in [0.4, 0.5) is 0 Å². The van der Waals surface area contributed by atoms with Gasteiger partial charge in [0.25, 0.3) is 0 Å². The van der Waals surface area contributed by atoms with E-state index in [1.165, 1.54) is 0 Å². The van der Waals surface area contributed by atoms with Gasteiger partial charge in [-0.3, -0.25) is 4.79 Å². The van der Waals surface area contributed by atoms with Gasteiger partial charge in [-0.1, -0.05) is 0 Å². The van der Waals surface area contributed by atoms with E-state index in [0.29, 0.717) is 26.3 Å². The first-order valence-electron chi connectivity index (χ1n) is 6.37. The summed E-state index contributed by atoms with van der Waals surface area (Å²) in [4.78, 5) is 24.3. The lowest BCUT2D eigenvalue weighted by Gasteiger charge is -2.18. The highest BCUT2D eigenvalue weighted by atomic mass is 16.6. The quantitative estimate of drug-likeness (QED) is 0.443. The molecule has 0 aromatic rings. The molecule has 0 saturated carbocycles. The van der Waals surface area contributed by atoms with Gasteiger partial charge in [0.05, 0.1) is 19.8 Å². The van der Waals surface area contributed by atoms with Crippen LogP contribution in [0.3, 0.4) is 0 Å². The fourth-order valence-electron chi connectivity index (χ4n) is 1.39. The van der Waals surface area contributed by atoms with E-state index in [0.717, 1.165) is 13.1 Å². The normalized spacial score (nSPS) is 10.2. The van der Waals surface area contributed by atoms with Crippen LogP contribution in [0.1, 0.15) is 20.8 Å². The van der Waals surface area contributed by atoms with E-state index < -0.39 is 0 Å². The van der Waals surface area contributed by atoms with Gasteiger partial charge in [-0.2, -0.15) is 0 Å². The van der Waals surface area contributed by atoms with Crippen molar-refractivity contribution < 1.29 is 19.1 Å². The molecule has 0 atom stereocenters. The molecule has 106 valence electrons. The van der Waals surface area contributed by atoms with Gasteiger partial charge in [0.1, 0.15) is 6.61 Å². The summed E-state index contributed by atoms with van der Waals surface area (Å²) in [6.07, 6.45) is 0. The minimum Gasteiger partial charge on any atom is -0.464 e. The molecule has 0 aliphatic heterocycles. The number of nitrogens with one attached hydrogen (secondary N) is 1. The number of hydrogen-bond donors (Lipinski definition) is 1. The van der Waals surface area contributed by atoms with E-state index in [1.54, 1.807) is 11.8 Å². The average molecular weight is 260 g/mol. The first-order valence-corrected chi connectivity index (χ1v) is 6.37. The molecule has 0 spiro atoms. The molecule has 0 fully saturated rings. The zero-order chi connectivity index (χ0) is 13.8. The molecule has 0 bridgehead atoms. The number of rotatable bonds is 10. The number of carbonyl (C=O) groups is 2. The van der Waals surface area contributed by atoms with Crippen LogP contribution in [-0.4, -0.2) is 62.8 Å². The van der Waals surface area contributed by atoms with Crippen molar-refractivity contribution in [3.05, 3.63) is 0 Å². The largest absolute Gasteiger partial charge is 0.464 e. The molecule has 1 N–H and O–H groups in total. The van der Waals surface area contributed by atoms with E-state index in [9.17, 15) is 9.59 Å². The monoisotopic (exact) mass is 260 g/mol. The van der Waals surface area contributed by atoms with Gasteiger partial charge in [-0.05, 0) is 20.8 Å². The van der Waals surface area contributed by atoms with E-state index in [2.05, 4.69) is 5.32 Å². The van der Waals surface area contributed by atoms with Crippen LogP contribution in [0.25, 0.3) is 0 Å². The first-order chi connectivity index (χ1) is 8.65. The minimum atomic E-state index is -0.364. The molecular weight excluding hydrogens is 236 g/mol. The molecule has 0 radical (unpaired) electrons. The molecule has 0 aromatic carbocycles. The fraction of sp³-hybridized carbons (Fsp3) is 0.833. The molecule has 1 amide bonds. The maximum atomic E-state index is 11.6. The van der Waals surface area contributed by atoms with Gasteiger partial charge in [-0.15, -0.1) is 0 Å². The highest BCUT2D eigenvalue weighted by molar-refractivity contribution is 5.78. The third-order valence-electron chi connectivity index (χ3n) is 2.34. The summed E-state index contributed by atoms with van der Waals surface area (Å²) in [5.41, 5.74) is 0. The molecule has 18 heavy (non-hydrogen) atoms. The maximum absolute atomic E-state index is 11.6. The summed E-state index contributed by atoms with van der Waals surface area (Å²) < 4.78 is 9.78. The lowest BCUT2D eigenvalue weighted by Crippen LogP contribution is -2.38. The number of nitrogens with zero attached hydrogens (tertiary/aromatic N) is 1. The molecule has 0 unspecified atom stereocenters. The predicted octanol–water partition coefficient (Wildman–Crippen LogP) is 0.0241. The lowest BCUT2D eigenvalue weighted by atomic mass is 10.4. The number of carbonyl (C=O) groups excluding carboxylic acids is 2. The van der Waals surface area contributed by atoms with Crippen molar-refractivity contribution in [1.82, 2.24) is 10.2 Å². The Morgan fingerprint density at radius 3 is 2.39 bits per heavy atom. The van der Waals surface area contributed by atoms with E-state index >= 15 is 0 Å². The van der Waals surface area contributed by atoms with Gasteiger partial charge in [0.2, 0.25) is 5.91 Å². The number of esters is 1. The van der Waals surface area contributed by atoms with Crippen molar-refractivity contribution in [2.75, 3.05) is 46.0 Å². The summed E-state index contributed by atoms with van der Waals surface area (Å²) in [6.45, 7) is 8.61. The Bertz CT molecular complexity index is 242. The minimum absolute atomic E-state index is 0.0422. The zero-order valence-electron chi connectivity index (χ0n) is 11.5. The highest BCUT2D eigenvalue weighted by Gasteiger charge is 2.08. The number of hydrogen-bond acceptors (Lipinski definition) is 5. The molecular formula is C12H24N2O4. The Kier molecular flexibility index (Phi) is 10.3. The molecule has 0 aromatic heterocycles. The van der Waals surface area contributed by atoms with Crippen molar-refractivity contribution in [2.45, 2.75) is 20.8 Å². The maximum Gasteiger partial charge on any atom is 0.332 e. The Labute approximate surface area is 109 Å². The Morgan fingerprint density at radius 1 is 1.17 bits per heavy atom. The van der Waals surface area contributed by atoms with Gasteiger partial charge >= 0.3 is 5.97 Å². The molecule has 6 heteroatoms. The fourth-order valence-corrected chi connectivity index (χ4v) is 1.39.